The third-order valence-electron chi connectivity index (χ3n) is 2.83. The molecule has 4 nitrogen and oxygen atoms in total. The van der Waals surface area contributed by atoms with Gasteiger partial charge in [-0.2, -0.15) is 0 Å². The van der Waals surface area contributed by atoms with Crippen molar-refractivity contribution < 1.29 is 14.6 Å². The Morgan fingerprint density at radius 2 is 2.12 bits per heavy atom. The molecule has 1 heterocycles. The minimum absolute atomic E-state index is 0.206. The average molecular weight is 233 g/mol. The zero-order chi connectivity index (χ0) is 12.6. The van der Waals surface area contributed by atoms with E-state index in [2.05, 4.69) is 0 Å². The molecule has 0 aliphatic carbocycles. The van der Waals surface area contributed by atoms with Crippen LogP contribution in [-0.2, 0) is 0 Å². The molecule has 1 N–H and O–H groups in total. The first-order valence-corrected chi connectivity index (χ1v) is 5.47. The van der Waals surface area contributed by atoms with Gasteiger partial charge in [0, 0.05) is 12.2 Å². The second-order valence-corrected chi connectivity index (χ2v) is 4.20. The standard InChI is InChI=1S/C13H15NO3/c1-8(2)14-7-9(13(15)16)12-10(14)5-4-6-11(12)17-3/h4-8H,1-3H3,(H,15,16). The Kier molecular flexibility index (Phi) is 2.79. The minimum atomic E-state index is -0.932. The molecule has 0 radical (unpaired) electrons. The largest absolute Gasteiger partial charge is 0.496 e. The molecule has 1 aromatic heterocycles. The lowest BCUT2D eigenvalue weighted by molar-refractivity contribution is 0.0698. The van der Waals surface area contributed by atoms with Gasteiger partial charge in [0.15, 0.2) is 0 Å². The summed E-state index contributed by atoms with van der Waals surface area (Å²) in [6, 6.07) is 5.76. The van der Waals surface area contributed by atoms with Crippen molar-refractivity contribution in [3.05, 3.63) is 30.0 Å². The summed E-state index contributed by atoms with van der Waals surface area (Å²) in [7, 11) is 1.55. The van der Waals surface area contributed by atoms with Crippen LogP contribution in [0.25, 0.3) is 10.9 Å². The Bertz CT molecular complexity index is 569. The number of rotatable bonds is 3. The molecule has 2 aromatic rings. The molecule has 4 heteroatoms. The molecule has 90 valence electrons. The van der Waals surface area contributed by atoms with Gasteiger partial charge in [-0.05, 0) is 26.0 Å². The van der Waals surface area contributed by atoms with Crippen LogP contribution in [0.1, 0.15) is 30.2 Å². The van der Waals surface area contributed by atoms with Crippen molar-refractivity contribution >= 4 is 16.9 Å². The number of aromatic carboxylic acids is 1. The van der Waals surface area contributed by atoms with Crippen LogP contribution in [0.2, 0.25) is 0 Å². The third kappa shape index (κ3) is 1.75. The second-order valence-electron chi connectivity index (χ2n) is 4.20. The van der Waals surface area contributed by atoms with Crippen molar-refractivity contribution in [2.75, 3.05) is 7.11 Å². The Balaban J connectivity index is 2.86. The molecule has 0 bridgehead atoms. The Morgan fingerprint density at radius 3 is 2.65 bits per heavy atom. The van der Waals surface area contributed by atoms with E-state index >= 15 is 0 Å². The number of fused-ring (bicyclic) bond motifs is 1. The van der Waals surface area contributed by atoms with Gasteiger partial charge in [0.1, 0.15) is 5.75 Å². The first kappa shape index (κ1) is 11.5. The molecule has 0 aliphatic rings. The number of hydrogen-bond donors (Lipinski definition) is 1. The maximum Gasteiger partial charge on any atom is 0.338 e. The molecular weight excluding hydrogens is 218 g/mol. The first-order chi connectivity index (χ1) is 8.06. The Morgan fingerprint density at radius 1 is 1.41 bits per heavy atom. The van der Waals surface area contributed by atoms with E-state index in [1.54, 1.807) is 19.4 Å². The number of carboxylic acids is 1. The lowest BCUT2D eigenvalue weighted by Crippen LogP contribution is -1.98. The van der Waals surface area contributed by atoms with Crippen molar-refractivity contribution in [3.63, 3.8) is 0 Å². The molecule has 1 aromatic carbocycles. The van der Waals surface area contributed by atoms with Crippen LogP contribution < -0.4 is 4.74 Å². The van der Waals surface area contributed by atoms with E-state index in [-0.39, 0.29) is 11.6 Å². The molecule has 0 saturated heterocycles. The number of nitrogens with zero attached hydrogens (tertiary/aromatic N) is 1. The van der Waals surface area contributed by atoms with Crippen molar-refractivity contribution in [3.8, 4) is 5.75 Å². The van der Waals surface area contributed by atoms with Crippen LogP contribution in [0.5, 0.6) is 5.75 Å². The molecular formula is C13H15NO3. The molecule has 0 amide bonds. The molecule has 0 saturated carbocycles. The summed E-state index contributed by atoms with van der Waals surface area (Å²) in [6.07, 6.45) is 1.67. The summed E-state index contributed by atoms with van der Waals surface area (Å²) >= 11 is 0. The lowest BCUT2D eigenvalue weighted by atomic mass is 10.1. The van der Waals surface area contributed by atoms with E-state index in [0.29, 0.717) is 11.1 Å². The molecule has 2 rings (SSSR count). The Hall–Kier alpha value is -1.97. The van der Waals surface area contributed by atoms with Crippen LogP contribution in [0, 0.1) is 0 Å². The number of carbonyl (C=O) groups is 1. The lowest BCUT2D eigenvalue weighted by Gasteiger charge is -2.09. The number of benzene rings is 1. The molecule has 0 spiro atoms. The van der Waals surface area contributed by atoms with Gasteiger partial charge in [-0.25, -0.2) is 4.79 Å². The fourth-order valence-corrected chi connectivity index (χ4v) is 2.04. The fraction of sp³-hybridized carbons (Fsp3) is 0.308. The maximum atomic E-state index is 11.3. The zero-order valence-corrected chi connectivity index (χ0v) is 10.1. The average Bonchev–Trinajstić information content (AvgIpc) is 2.68. The summed E-state index contributed by atoms with van der Waals surface area (Å²) in [6.45, 7) is 4.04. The molecule has 0 unspecified atom stereocenters. The van der Waals surface area contributed by atoms with Crippen LogP contribution in [-0.4, -0.2) is 22.8 Å². The highest BCUT2D eigenvalue weighted by Crippen LogP contribution is 2.32. The summed E-state index contributed by atoms with van der Waals surface area (Å²) in [5.41, 5.74) is 1.17. The van der Waals surface area contributed by atoms with Gasteiger partial charge in [-0.15, -0.1) is 0 Å². The second kappa shape index (κ2) is 4.13. The van der Waals surface area contributed by atoms with Crippen LogP contribution >= 0.6 is 0 Å². The van der Waals surface area contributed by atoms with Gasteiger partial charge in [0.25, 0.3) is 0 Å². The SMILES string of the molecule is COc1cccc2c1c(C(=O)O)cn2C(C)C. The van der Waals surface area contributed by atoms with Gasteiger partial charge >= 0.3 is 5.97 Å². The normalized spacial score (nSPS) is 11.1. The minimum Gasteiger partial charge on any atom is -0.496 e. The molecule has 0 fully saturated rings. The van der Waals surface area contributed by atoms with Crippen LogP contribution in [0.15, 0.2) is 24.4 Å². The third-order valence-corrected chi connectivity index (χ3v) is 2.83. The van der Waals surface area contributed by atoms with Gasteiger partial charge in [-0.1, -0.05) is 6.07 Å². The zero-order valence-electron chi connectivity index (χ0n) is 10.1. The highest BCUT2D eigenvalue weighted by molar-refractivity contribution is 6.06. The predicted molar refractivity (Wildman–Crippen MR) is 65.8 cm³/mol. The quantitative estimate of drug-likeness (QED) is 0.886. The van der Waals surface area contributed by atoms with Crippen molar-refractivity contribution in [1.29, 1.82) is 0 Å². The van der Waals surface area contributed by atoms with E-state index in [9.17, 15) is 9.90 Å². The van der Waals surface area contributed by atoms with Gasteiger partial charge in [-0.3, -0.25) is 0 Å². The summed E-state index contributed by atoms with van der Waals surface area (Å²) < 4.78 is 7.18. The van der Waals surface area contributed by atoms with Gasteiger partial charge < -0.3 is 14.4 Å². The topological polar surface area (TPSA) is 51.5 Å². The fourth-order valence-electron chi connectivity index (χ4n) is 2.04. The smallest absolute Gasteiger partial charge is 0.338 e. The van der Waals surface area contributed by atoms with Crippen molar-refractivity contribution in [2.45, 2.75) is 19.9 Å². The van der Waals surface area contributed by atoms with E-state index in [1.165, 1.54) is 0 Å². The summed E-state index contributed by atoms with van der Waals surface area (Å²) in [4.78, 5) is 11.3. The van der Waals surface area contributed by atoms with Crippen LogP contribution in [0.4, 0.5) is 0 Å². The maximum absolute atomic E-state index is 11.3. The van der Waals surface area contributed by atoms with Crippen molar-refractivity contribution in [2.24, 2.45) is 0 Å². The molecule has 0 atom stereocenters. The molecule has 17 heavy (non-hydrogen) atoms. The highest BCUT2D eigenvalue weighted by Gasteiger charge is 2.18. The highest BCUT2D eigenvalue weighted by atomic mass is 16.5. The summed E-state index contributed by atoms with van der Waals surface area (Å²) in [5.74, 6) is -0.335. The predicted octanol–water partition coefficient (Wildman–Crippen LogP) is 2.93. The van der Waals surface area contributed by atoms with Crippen molar-refractivity contribution in [1.82, 2.24) is 4.57 Å². The van der Waals surface area contributed by atoms with E-state index in [1.807, 2.05) is 30.5 Å². The van der Waals surface area contributed by atoms with Gasteiger partial charge in [0.05, 0.1) is 23.6 Å². The number of ether oxygens (including phenoxy) is 1. The van der Waals surface area contributed by atoms with Crippen LogP contribution in [0.3, 0.4) is 0 Å². The number of aromatic nitrogens is 1. The number of carboxylic acid groups (broad SMARTS) is 1. The Labute approximate surface area is 99.4 Å². The monoisotopic (exact) mass is 233 g/mol. The molecule has 0 aliphatic heterocycles. The number of methoxy groups -OCH3 is 1. The van der Waals surface area contributed by atoms with E-state index in [0.717, 1.165) is 5.52 Å². The van der Waals surface area contributed by atoms with Gasteiger partial charge in [0.2, 0.25) is 0 Å². The number of hydrogen-bond acceptors (Lipinski definition) is 2. The van der Waals surface area contributed by atoms with E-state index < -0.39 is 5.97 Å². The first-order valence-electron chi connectivity index (χ1n) is 5.47. The summed E-state index contributed by atoms with van der Waals surface area (Å²) in [5, 5.41) is 9.89. The van der Waals surface area contributed by atoms with E-state index in [4.69, 9.17) is 4.74 Å².